The molecule has 0 aliphatic heterocycles. The fraction of sp³-hybridized carbons (Fsp3) is 0.750. The molecule has 15 heavy (non-hydrogen) atoms. The highest BCUT2D eigenvalue weighted by molar-refractivity contribution is 5.22. The summed E-state index contributed by atoms with van der Waals surface area (Å²) in [6.45, 7) is 2.96. The minimum absolute atomic E-state index is 0.666. The first kappa shape index (κ1) is 9.40. The van der Waals surface area contributed by atoms with E-state index < -0.39 is 0 Å². The monoisotopic (exact) mass is 205 g/mol. The molecular weight excluding hydrogens is 186 g/mol. The molecule has 3 rings (SSSR count). The minimum atomic E-state index is 0.666. The third kappa shape index (κ3) is 1.49. The van der Waals surface area contributed by atoms with Crippen molar-refractivity contribution in [3.05, 3.63) is 17.2 Å². The molecule has 2 N–H and O–H groups in total. The third-order valence-corrected chi connectivity index (χ3v) is 3.79. The molecule has 82 valence electrons. The largest absolute Gasteiger partial charge is 0.330 e. The average Bonchev–Trinajstić information content (AvgIpc) is 3.00. The van der Waals surface area contributed by atoms with Gasteiger partial charge < -0.3 is 10.3 Å². The smallest absolute Gasteiger partial charge is 0.106 e. The first-order chi connectivity index (χ1) is 7.29. The van der Waals surface area contributed by atoms with Crippen LogP contribution in [0.5, 0.6) is 0 Å². The summed E-state index contributed by atoms with van der Waals surface area (Å²) in [5, 5.41) is 0. The lowest BCUT2D eigenvalue weighted by Crippen LogP contribution is -2.23. The molecule has 0 spiro atoms. The number of nitrogens with zero attached hydrogens (tertiary/aromatic N) is 2. The molecule has 2 aliphatic carbocycles. The molecule has 0 bridgehead atoms. The van der Waals surface area contributed by atoms with Gasteiger partial charge in [0.15, 0.2) is 0 Å². The molecule has 1 aromatic heterocycles. The van der Waals surface area contributed by atoms with Crippen molar-refractivity contribution in [1.82, 2.24) is 9.55 Å². The van der Waals surface area contributed by atoms with E-state index in [0.717, 1.165) is 19.0 Å². The van der Waals surface area contributed by atoms with E-state index in [-0.39, 0.29) is 0 Å². The van der Waals surface area contributed by atoms with Crippen molar-refractivity contribution >= 4 is 0 Å². The van der Waals surface area contributed by atoms with Crippen molar-refractivity contribution in [1.29, 1.82) is 0 Å². The van der Waals surface area contributed by atoms with E-state index >= 15 is 0 Å². The number of aromatic nitrogens is 2. The Bertz CT molecular complexity index is 376. The molecule has 3 nitrogen and oxygen atoms in total. The van der Waals surface area contributed by atoms with Gasteiger partial charge in [-0.3, -0.25) is 0 Å². The number of aryl methyl sites for hydroxylation is 1. The Morgan fingerprint density at radius 2 is 2.20 bits per heavy atom. The topological polar surface area (TPSA) is 43.8 Å². The molecule has 1 heterocycles. The van der Waals surface area contributed by atoms with E-state index in [9.17, 15) is 0 Å². The first-order valence-corrected chi connectivity index (χ1v) is 6.06. The van der Waals surface area contributed by atoms with Crippen molar-refractivity contribution in [2.75, 3.05) is 6.54 Å². The predicted octanol–water partition coefficient (Wildman–Crippen LogP) is 1.59. The summed E-state index contributed by atoms with van der Waals surface area (Å²) in [5.74, 6) is 1.89. The number of fused-ring (bicyclic) bond motifs is 1. The van der Waals surface area contributed by atoms with Gasteiger partial charge in [0.05, 0.1) is 5.69 Å². The maximum Gasteiger partial charge on any atom is 0.106 e. The minimum Gasteiger partial charge on any atom is -0.330 e. The molecule has 3 heteroatoms. The first-order valence-electron chi connectivity index (χ1n) is 6.06. The van der Waals surface area contributed by atoms with Crippen LogP contribution in [0.2, 0.25) is 0 Å². The second kappa shape index (κ2) is 3.34. The molecule has 0 amide bonds. The summed E-state index contributed by atoms with van der Waals surface area (Å²) >= 11 is 0. The average molecular weight is 205 g/mol. The second-order valence-corrected chi connectivity index (χ2v) is 5.00. The van der Waals surface area contributed by atoms with Crippen LogP contribution in [-0.4, -0.2) is 16.1 Å². The van der Waals surface area contributed by atoms with Gasteiger partial charge in [-0.1, -0.05) is 0 Å². The van der Waals surface area contributed by atoms with E-state index in [0.29, 0.717) is 5.92 Å². The van der Waals surface area contributed by atoms with Gasteiger partial charge in [-0.25, -0.2) is 4.98 Å². The highest BCUT2D eigenvalue weighted by Gasteiger charge is 2.31. The molecule has 1 saturated carbocycles. The van der Waals surface area contributed by atoms with Gasteiger partial charge in [-0.05, 0) is 51.5 Å². The Kier molecular flexibility index (Phi) is 2.09. The fourth-order valence-corrected chi connectivity index (χ4v) is 2.81. The molecule has 1 unspecified atom stereocenters. The lowest BCUT2D eigenvalue weighted by atomic mass is 9.90. The SMILES string of the molecule is Cc1nc2c(n1C1CC1)CCC(CN)C2. The number of hydrogen-bond acceptors (Lipinski definition) is 2. The molecule has 0 saturated heterocycles. The van der Waals surface area contributed by atoms with E-state index in [1.165, 1.54) is 42.9 Å². The highest BCUT2D eigenvalue weighted by Crippen LogP contribution is 2.39. The van der Waals surface area contributed by atoms with Crippen LogP contribution in [-0.2, 0) is 12.8 Å². The highest BCUT2D eigenvalue weighted by atomic mass is 15.1. The molecule has 0 aromatic carbocycles. The van der Waals surface area contributed by atoms with Crippen molar-refractivity contribution in [3.8, 4) is 0 Å². The Hall–Kier alpha value is -0.830. The Labute approximate surface area is 90.7 Å². The summed E-state index contributed by atoms with van der Waals surface area (Å²) < 4.78 is 2.49. The van der Waals surface area contributed by atoms with Crippen LogP contribution < -0.4 is 5.73 Å². The van der Waals surface area contributed by atoms with Gasteiger partial charge >= 0.3 is 0 Å². The summed E-state index contributed by atoms with van der Waals surface area (Å²) in [6.07, 6.45) is 6.25. The normalized spacial score (nSPS) is 25.3. The zero-order valence-corrected chi connectivity index (χ0v) is 9.37. The van der Waals surface area contributed by atoms with Gasteiger partial charge in [-0.2, -0.15) is 0 Å². The molecule has 0 radical (unpaired) electrons. The van der Waals surface area contributed by atoms with Gasteiger partial charge in [0.2, 0.25) is 0 Å². The predicted molar refractivity (Wildman–Crippen MR) is 59.8 cm³/mol. The molecule has 1 atom stereocenters. The van der Waals surface area contributed by atoms with E-state index in [2.05, 4.69) is 11.5 Å². The lowest BCUT2D eigenvalue weighted by molar-refractivity contribution is 0.451. The summed E-state index contributed by atoms with van der Waals surface area (Å²) in [4.78, 5) is 4.72. The maximum atomic E-state index is 5.74. The maximum absolute atomic E-state index is 5.74. The van der Waals surface area contributed by atoms with Gasteiger partial charge in [-0.15, -0.1) is 0 Å². The van der Waals surface area contributed by atoms with Crippen LogP contribution in [0.3, 0.4) is 0 Å². The Morgan fingerprint density at radius 1 is 1.40 bits per heavy atom. The van der Waals surface area contributed by atoms with Crippen LogP contribution in [0, 0.1) is 12.8 Å². The van der Waals surface area contributed by atoms with Crippen molar-refractivity contribution < 1.29 is 0 Å². The molecule has 1 aromatic rings. The molecule has 1 fully saturated rings. The van der Waals surface area contributed by atoms with Gasteiger partial charge in [0.25, 0.3) is 0 Å². The van der Waals surface area contributed by atoms with Crippen LogP contribution in [0.25, 0.3) is 0 Å². The number of nitrogens with two attached hydrogens (primary N) is 1. The number of hydrogen-bond donors (Lipinski definition) is 1. The Morgan fingerprint density at radius 3 is 2.87 bits per heavy atom. The van der Waals surface area contributed by atoms with E-state index in [1.807, 2.05) is 0 Å². The number of rotatable bonds is 2. The summed E-state index contributed by atoms with van der Waals surface area (Å²) in [7, 11) is 0. The third-order valence-electron chi connectivity index (χ3n) is 3.79. The van der Waals surface area contributed by atoms with Crippen LogP contribution in [0.1, 0.15) is 42.5 Å². The standard InChI is InChI=1S/C12H19N3/c1-8-14-11-6-9(7-13)2-5-12(11)15(8)10-3-4-10/h9-10H,2-7,13H2,1H3. The fourth-order valence-electron chi connectivity index (χ4n) is 2.81. The number of imidazole rings is 1. The Balaban J connectivity index is 1.96. The van der Waals surface area contributed by atoms with Gasteiger partial charge in [0, 0.05) is 11.7 Å². The summed E-state index contributed by atoms with van der Waals surface area (Å²) in [6, 6.07) is 0.774. The van der Waals surface area contributed by atoms with E-state index in [1.54, 1.807) is 0 Å². The van der Waals surface area contributed by atoms with Crippen LogP contribution >= 0.6 is 0 Å². The van der Waals surface area contributed by atoms with Gasteiger partial charge in [0.1, 0.15) is 5.82 Å². The lowest BCUT2D eigenvalue weighted by Gasteiger charge is -2.21. The molecule has 2 aliphatic rings. The van der Waals surface area contributed by atoms with Crippen molar-refractivity contribution in [2.24, 2.45) is 11.7 Å². The van der Waals surface area contributed by atoms with Crippen LogP contribution in [0.15, 0.2) is 0 Å². The zero-order valence-electron chi connectivity index (χ0n) is 9.37. The van der Waals surface area contributed by atoms with Crippen LogP contribution in [0.4, 0.5) is 0 Å². The van der Waals surface area contributed by atoms with Crippen molar-refractivity contribution in [2.45, 2.75) is 45.1 Å². The van der Waals surface area contributed by atoms with E-state index in [4.69, 9.17) is 10.7 Å². The second-order valence-electron chi connectivity index (χ2n) is 5.00. The molecular formula is C12H19N3. The zero-order chi connectivity index (χ0) is 10.4. The van der Waals surface area contributed by atoms with Crippen molar-refractivity contribution in [3.63, 3.8) is 0 Å². The quantitative estimate of drug-likeness (QED) is 0.796. The summed E-state index contributed by atoms with van der Waals surface area (Å²) in [5.41, 5.74) is 8.59.